The Morgan fingerprint density at radius 3 is 2.65 bits per heavy atom. The maximum absolute atomic E-state index is 6.07. The first kappa shape index (κ1) is 15.3. The van der Waals surface area contributed by atoms with Crippen LogP contribution >= 0.6 is 22.9 Å². The number of hydrogen-bond donors (Lipinski definition) is 2. The van der Waals surface area contributed by atoms with Crippen molar-refractivity contribution in [2.45, 2.75) is 26.3 Å². The summed E-state index contributed by atoms with van der Waals surface area (Å²) < 4.78 is 5.39. The van der Waals surface area contributed by atoms with Crippen LogP contribution < -0.4 is 16.0 Å². The minimum absolute atomic E-state index is 0.0553. The van der Waals surface area contributed by atoms with E-state index in [2.05, 4.69) is 25.3 Å². The monoisotopic (exact) mass is 310 g/mol. The quantitative estimate of drug-likeness (QED) is 0.653. The second-order valence-electron chi connectivity index (χ2n) is 4.77. The second kappa shape index (κ2) is 6.59. The van der Waals surface area contributed by atoms with Gasteiger partial charge in [-0.2, -0.15) is 0 Å². The Morgan fingerprint density at radius 2 is 2.10 bits per heavy atom. The molecule has 3 nitrogen and oxygen atoms in total. The molecule has 5 heteroatoms. The Hall–Kier alpha value is -1.07. The van der Waals surface area contributed by atoms with Gasteiger partial charge in [-0.1, -0.05) is 11.6 Å². The van der Waals surface area contributed by atoms with E-state index < -0.39 is 0 Å². The average molecular weight is 311 g/mol. The van der Waals surface area contributed by atoms with Crippen LogP contribution in [0, 0.1) is 13.8 Å². The predicted molar refractivity (Wildman–Crippen MR) is 85.6 cm³/mol. The van der Waals surface area contributed by atoms with Gasteiger partial charge in [0, 0.05) is 14.8 Å². The van der Waals surface area contributed by atoms with Crippen molar-refractivity contribution in [2.24, 2.45) is 5.84 Å². The Balaban J connectivity index is 2.28. The van der Waals surface area contributed by atoms with Crippen molar-refractivity contribution < 1.29 is 4.74 Å². The van der Waals surface area contributed by atoms with Crippen LogP contribution in [0.1, 0.15) is 26.9 Å². The number of nitrogens with two attached hydrogens (primary N) is 1. The molecule has 2 rings (SSSR count). The van der Waals surface area contributed by atoms with Crippen molar-refractivity contribution in [1.29, 1.82) is 0 Å². The van der Waals surface area contributed by atoms with Gasteiger partial charge in [0.1, 0.15) is 5.75 Å². The summed E-state index contributed by atoms with van der Waals surface area (Å²) in [5, 5.41) is 0.704. The molecule has 0 radical (unpaired) electrons. The van der Waals surface area contributed by atoms with Crippen LogP contribution in [0.25, 0.3) is 0 Å². The molecule has 1 heterocycles. The maximum atomic E-state index is 6.07. The van der Waals surface area contributed by atoms with Crippen LogP contribution in [-0.4, -0.2) is 7.11 Å². The fourth-order valence-electron chi connectivity index (χ4n) is 2.14. The summed E-state index contributed by atoms with van der Waals surface area (Å²) in [6, 6.07) is 7.88. The third kappa shape index (κ3) is 3.33. The average Bonchev–Trinajstić information content (AvgIpc) is 2.76. The van der Waals surface area contributed by atoms with Gasteiger partial charge in [-0.25, -0.2) is 0 Å². The molecule has 0 bridgehead atoms. The van der Waals surface area contributed by atoms with Crippen molar-refractivity contribution in [3.63, 3.8) is 0 Å². The number of hydrogen-bond acceptors (Lipinski definition) is 4. The Morgan fingerprint density at radius 1 is 1.35 bits per heavy atom. The van der Waals surface area contributed by atoms with Gasteiger partial charge in [-0.3, -0.25) is 11.3 Å². The topological polar surface area (TPSA) is 47.3 Å². The van der Waals surface area contributed by atoms with Crippen molar-refractivity contribution >= 4 is 22.9 Å². The number of ether oxygens (including phenoxy) is 1. The molecule has 0 aliphatic heterocycles. The van der Waals surface area contributed by atoms with Crippen molar-refractivity contribution in [1.82, 2.24) is 5.43 Å². The summed E-state index contributed by atoms with van der Waals surface area (Å²) in [5.41, 5.74) is 5.23. The third-order valence-electron chi connectivity index (χ3n) is 3.40. The molecule has 3 N–H and O–H groups in total. The van der Waals surface area contributed by atoms with Crippen molar-refractivity contribution in [3.05, 3.63) is 50.2 Å². The van der Waals surface area contributed by atoms with Crippen LogP contribution in [0.4, 0.5) is 0 Å². The van der Waals surface area contributed by atoms with Gasteiger partial charge >= 0.3 is 0 Å². The first-order chi connectivity index (χ1) is 9.55. The SMILES string of the molecule is COc1ccc(Cl)cc1CC(NN)c1cc(C)c(C)s1. The minimum Gasteiger partial charge on any atom is -0.496 e. The van der Waals surface area contributed by atoms with Crippen molar-refractivity contribution in [2.75, 3.05) is 7.11 Å². The maximum Gasteiger partial charge on any atom is 0.122 e. The van der Waals surface area contributed by atoms with Crippen LogP contribution in [0.5, 0.6) is 5.75 Å². The van der Waals surface area contributed by atoms with Gasteiger partial charge in [0.25, 0.3) is 0 Å². The molecule has 1 aromatic carbocycles. The first-order valence-electron chi connectivity index (χ1n) is 6.40. The highest BCUT2D eigenvalue weighted by molar-refractivity contribution is 7.12. The zero-order chi connectivity index (χ0) is 14.7. The molecule has 20 heavy (non-hydrogen) atoms. The zero-order valence-corrected chi connectivity index (χ0v) is 13.4. The number of rotatable bonds is 5. The number of thiophene rings is 1. The smallest absolute Gasteiger partial charge is 0.122 e. The molecular formula is C15H19ClN2OS. The van der Waals surface area contributed by atoms with Gasteiger partial charge in [0.15, 0.2) is 0 Å². The number of nitrogens with one attached hydrogen (secondary N) is 1. The standard InChI is InChI=1S/C15H19ClN2OS/c1-9-6-15(20-10(9)2)13(18-17)8-11-7-12(16)4-5-14(11)19-3/h4-7,13,18H,8,17H2,1-3H3. The van der Waals surface area contributed by atoms with Crippen LogP contribution in [0.15, 0.2) is 24.3 Å². The van der Waals surface area contributed by atoms with Gasteiger partial charge in [-0.05, 0) is 55.7 Å². The summed E-state index contributed by atoms with van der Waals surface area (Å²) in [6.45, 7) is 4.24. The molecule has 0 amide bonds. The van der Waals surface area contributed by atoms with Crippen LogP contribution in [-0.2, 0) is 6.42 Å². The lowest BCUT2D eigenvalue weighted by Crippen LogP contribution is -2.29. The highest BCUT2D eigenvalue weighted by Crippen LogP contribution is 2.31. The first-order valence-corrected chi connectivity index (χ1v) is 7.60. The van der Waals surface area contributed by atoms with Gasteiger partial charge in [-0.15, -0.1) is 11.3 Å². The Labute approximate surface area is 128 Å². The molecule has 0 aliphatic carbocycles. The van der Waals surface area contributed by atoms with Crippen LogP contribution in [0.2, 0.25) is 5.02 Å². The fourth-order valence-corrected chi connectivity index (χ4v) is 3.44. The number of methoxy groups -OCH3 is 1. The highest BCUT2D eigenvalue weighted by atomic mass is 35.5. The largest absolute Gasteiger partial charge is 0.496 e. The summed E-state index contributed by atoms with van der Waals surface area (Å²) in [7, 11) is 1.66. The van der Waals surface area contributed by atoms with E-state index in [1.165, 1.54) is 15.3 Å². The molecular weight excluding hydrogens is 292 g/mol. The Kier molecular flexibility index (Phi) is 5.05. The molecule has 1 aromatic heterocycles. The van der Waals surface area contributed by atoms with E-state index in [-0.39, 0.29) is 6.04 Å². The highest BCUT2D eigenvalue weighted by Gasteiger charge is 2.16. The molecule has 1 unspecified atom stereocenters. The van der Waals surface area contributed by atoms with Gasteiger partial charge < -0.3 is 4.74 Å². The molecule has 1 atom stereocenters. The number of hydrazine groups is 1. The Bertz CT molecular complexity index is 578. The van der Waals surface area contributed by atoms with Gasteiger partial charge in [0.2, 0.25) is 0 Å². The molecule has 0 fully saturated rings. The van der Waals surface area contributed by atoms with Crippen molar-refractivity contribution in [3.8, 4) is 5.75 Å². The minimum atomic E-state index is 0.0553. The van der Waals surface area contributed by atoms with Crippen LogP contribution in [0.3, 0.4) is 0 Å². The van der Waals surface area contributed by atoms with E-state index in [1.54, 1.807) is 18.4 Å². The van der Waals surface area contributed by atoms with E-state index in [0.717, 1.165) is 17.7 Å². The summed E-state index contributed by atoms with van der Waals surface area (Å²) >= 11 is 7.84. The molecule has 0 saturated carbocycles. The molecule has 2 aromatic rings. The normalized spacial score (nSPS) is 12.4. The number of aryl methyl sites for hydroxylation is 2. The molecule has 0 aliphatic rings. The molecule has 0 spiro atoms. The lowest BCUT2D eigenvalue weighted by atomic mass is 10.0. The summed E-state index contributed by atoms with van der Waals surface area (Å²) in [5.74, 6) is 6.56. The summed E-state index contributed by atoms with van der Waals surface area (Å²) in [4.78, 5) is 2.54. The number of halogens is 1. The lowest BCUT2D eigenvalue weighted by molar-refractivity contribution is 0.406. The lowest BCUT2D eigenvalue weighted by Gasteiger charge is -2.16. The van der Waals surface area contributed by atoms with Gasteiger partial charge in [0.05, 0.1) is 13.2 Å². The number of benzene rings is 1. The molecule has 108 valence electrons. The zero-order valence-electron chi connectivity index (χ0n) is 11.9. The summed E-state index contributed by atoms with van der Waals surface area (Å²) in [6.07, 6.45) is 0.736. The van der Waals surface area contributed by atoms with E-state index in [9.17, 15) is 0 Å². The predicted octanol–water partition coefficient (Wildman–Crippen LogP) is 3.77. The van der Waals surface area contributed by atoms with E-state index in [0.29, 0.717) is 5.02 Å². The van der Waals surface area contributed by atoms with E-state index in [4.69, 9.17) is 22.2 Å². The molecule has 0 saturated heterocycles. The second-order valence-corrected chi connectivity index (χ2v) is 6.49. The fraction of sp³-hybridized carbons (Fsp3) is 0.333. The van der Waals surface area contributed by atoms with E-state index in [1.807, 2.05) is 18.2 Å². The third-order valence-corrected chi connectivity index (χ3v) is 4.90. The van der Waals surface area contributed by atoms with E-state index >= 15 is 0 Å².